The third-order valence-corrected chi connectivity index (χ3v) is 4.70. The van der Waals surface area contributed by atoms with Gasteiger partial charge in [0.15, 0.2) is 23.1 Å². The van der Waals surface area contributed by atoms with Crippen LogP contribution in [-0.4, -0.2) is 47.0 Å². The van der Waals surface area contributed by atoms with Crippen LogP contribution in [0.5, 0.6) is 11.5 Å². The second-order valence-corrected chi connectivity index (χ2v) is 6.77. The number of hydrogen-bond acceptors (Lipinski definition) is 5. The molecule has 160 valence electrons. The van der Waals surface area contributed by atoms with Gasteiger partial charge in [0.2, 0.25) is 6.79 Å². The average molecular weight is 522 g/mol. The van der Waals surface area contributed by atoms with Crippen molar-refractivity contribution in [1.29, 1.82) is 0 Å². The first-order valence-corrected chi connectivity index (χ1v) is 10.0. The summed E-state index contributed by atoms with van der Waals surface area (Å²) in [4.78, 5) is 4.67. The molecule has 2 aromatic heterocycles. The second-order valence-electron chi connectivity index (χ2n) is 6.77. The normalized spacial score (nSPS) is 12.6. The molecule has 0 bridgehead atoms. The van der Waals surface area contributed by atoms with Crippen molar-refractivity contribution in [1.82, 2.24) is 25.2 Å². The molecule has 1 aromatic carbocycles. The molecule has 0 radical (unpaired) electrons. The van der Waals surface area contributed by atoms with E-state index in [2.05, 4.69) is 38.8 Å². The molecule has 0 fully saturated rings. The van der Waals surface area contributed by atoms with Gasteiger partial charge in [0.05, 0.1) is 0 Å². The quantitative estimate of drug-likeness (QED) is 0.205. The summed E-state index contributed by atoms with van der Waals surface area (Å²) in [7, 11) is 0. The van der Waals surface area contributed by atoms with E-state index in [0.29, 0.717) is 6.79 Å². The highest BCUT2D eigenvalue weighted by molar-refractivity contribution is 14.0. The van der Waals surface area contributed by atoms with E-state index in [1.165, 1.54) is 5.56 Å². The van der Waals surface area contributed by atoms with Gasteiger partial charge in [-0.15, -0.1) is 34.2 Å². The summed E-state index contributed by atoms with van der Waals surface area (Å²) in [5, 5.41) is 15.1. The van der Waals surface area contributed by atoms with Gasteiger partial charge in [0, 0.05) is 32.3 Å². The zero-order valence-corrected chi connectivity index (χ0v) is 19.3. The van der Waals surface area contributed by atoms with E-state index in [-0.39, 0.29) is 24.0 Å². The van der Waals surface area contributed by atoms with Crippen LogP contribution in [0.2, 0.25) is 0 Å². The Bertz CT molecular complexity index is 991. The molecule has 0 aliphatic carbocycles. The highest BCUT2D eigenvalue weighted by atomic mass is 127. The summed E-state index contributed by atoms with van der Waals surface area (Å²) in [6.07, 6.45) is 4.63. The second kappa shape index (κ2) is 11.0. The predicted octanol–water partition coefficient (Wildman–Crippen LogP) is 2.81. The van der Waals surface area contributed by atoms with Gasteiger partial charge >= 0.3 is 0 Å². The van der Waals surface area contributed by atoms with Crippen molar-refractivity contribution in [3.05, 3.63) is 54.0 Å². The minimum absolute atomic E-state index is 0. The SMILES string of the molecule is CCNC(=NCCCc1nnc2ccccn12)NCCc1ccc2c(c1)OCO2.I. The van der Waals surface area contributed by atoms with E-state index in [4.69, 9.17) is 9.47 Å². The summed E-state index contributed by atoms with van der Waals surface area (Å²) in [5.41, 5.74) is 2.08. The third kappa shape index (κ3) is 5.53. The van der Waals surface area contributed by atoms with E-state index in [1.54, 1.807) is 0 Å². The van der Waals surface area contributed by atoms with Crippen LogP contribution in [-0.2, 0) is 12.8 Å². The smallest absolute Gasteiger partial charge is 0.231 e. The van der Waals surface area contributed by atoms with Crippen molar-refractivity contribution < 1.29 is 9.47 Å². The number of aromatic nitrogens is 3. The monoisotopic (exact) mass is 522 g/mol. The van der Waals surface area contributed by atoms with Crippen molar-refractivity contribution in [2.75, 3.05) is 26.4 Å². The largest absolute Gasteiger partial charge is 0.454 e. The molecule has 1 aliphatic heterocycles. The Balaban J connectivity index is 0.00000256. The van der Waals surface area contributed by atoms with E-state index < -0.39 is 0 Å². The Hall–Kier alpha value is -2.56. The van der Waals surface area contributed by atoms with Gasteiger partial charge in [-0.05, 0) is 49.6 Å². The molecular weight excluding hydrogens is 495 g/mol. The number of benzene rings is 1. The number of hydrogen-bond donors (Lipinski definition) is 2. The van der Waals surface area contributed by atoms with Gasteiger partial charge in [-0.2, -0.15) is 0 Å². The molecule has 1 aliphatic rings. The lowest BCUT2D eigenvalue weighted by Crippen LogP contribution is -2.38. The Labute approximate surface area is 193 Å². The molecule has 9 heteroatoms. The van der Waals surface area contributed by atoms with Crippen molar-refractivity contribution >= 4 is 35.6 Å². The number of nitrogens with zero attached hydrogens (tertiary/aromatic N) is 4. The molecule has 0 atom stereocenters. The number of nitrogens with one attached hydrogen (secondary N) is 2. The number of aliphatic imine (C=N–C) groups is 1. The van der Waals surface area contributed by atoms with Crippen LogP contribution in [0.4, 0.5) is 0 Å². The zero-order chi connectivity index (χ0) is 19.9. The summed E-state index contributed by atoms with van der Waals surface area (Å²) in [6.45, 7) is 4.71. The van der Waals surface area contributed by atoms with Crippen LogP contribution in [0, 0.1) is 0 Å². The highest BCUT2D eigenvalue weighted by Crippen LogP contribution is 2.32. The molecule has 30 heavy (non-hydrogen) atoms. The Morgan fingerprint density at radius 3 is 2.90 bits per heavy atom. The van der Waals surface area contributed by atoms with Crippen LogP contribution in [0.25, 0.3) is 5.65 Å². The highest BCUT2D eigenvalue weighted by Gasteiger charge is 2.13. The molecule has 0 spiro atoms. The molecule has 0 amide bonds. The fraction of sp³-hybridized carbons (Fsp3) is 0.381. The number of pyridine rings is 1. The summed E-state index contributed by atoms with van der Waals surface area (Å²) in [5.74, 6) is 3.44. The van der Waals surface area contributed by atoms with Crippen LogP contribution < -0.4 is 20.1 Å². The maximum absolute atomic E-state index is 5.44. The third-order valence-electron chi connectivity index (χ3n) is 4.70. The Morgan fingerprint density at radius 2 is 2.00 bits per heavy atom. The maximum Gasteiger partial charge on any atom is 0.231 e. The number of halogens is 1. The fourth-order valence-electron chi connectivity index (χ4n) is 3.25. The first-order valence-electron chi connectivity index (χ1n) is 10.0. The molecule has 0 unspecified atom stereocenters. The summed E-state index contributed by atoms with van der Waals surface area (Å²) >= 11 is 0. The van der Waals surface area contributed by atoms with Gasteiger partial charge < -0.3 is 20.1 Å². The first-order chi connectivity index (χ1) is 14.3. The van der Waals surface area contributed by atoms with Gasteiger partial charge in [-0.25, -0.2) is 0 Å². The molecule has 0 saturated heterocycles. The standard InChI is InChI=1S/C21H26N6O2.HI/c1-2-22-21(24-12-10-16-8-9-17-18(14-16)29-15-28-17)23-11-5-7-20-26-25-19-6-3-4-13-27(19)20;/h3-4,6,8-9,13-14H,2,5,7,10-12,15H2,1H3,(H2,22,23,24);1H. The van der Waals surface area contributed by atoms with Crippen molar-refractivity contribution in [3.8, 4) is 11.5 Å². The Morgan fingerprint density at radius 1 is 1.10 bits per heavy atom. The number of rotatable bonds is 8. The average Bonchev–Trinajstić information content (AvgIpc) is 3.37. The van der Waals surface area contributed by atoms with E-state index in [1.807, 2.05) is 40.9 Å². The van der Waals surface area contributed by atoms with Crippen molar-refractivity contribution in [3.63, 3.8) is 0 Å². The van der Waals surface area contributed by atoms with Gasteiger partial charge in [0.25, 0.3) is 0 Å². The lowest BCUT2D eigenvalue weighted by molar-refractivity contribution is 0.174. The molecule has 3 heterocycles. The van der Waals surface area contributed by atoms with Crippen molar-refractivity contribution in [2.24, 2.45) is 4.99 Å². The number of aryl methyl sites for hydroxylation is 1. The van der Waals surface area contributed by atoms with Crippen LogP contribution in [0.3, 0.4) is 0 Å². The van der Waals surface area contributed by atoms with E-state index in [9.17, 15) is 0 Å². The number of ether oxygens (including phenoxy) is 2. The van der Waals surface area contributed by atoms with Gasteiger partial charge in [0.1, 0.15) is 5.82 Å². The Kier molecular flexibility index (Phi) is 8.12. The minimum atomic E-state index is 0. The predicted molar refractivity (Wildman–Crippen MR) is 127 cm³/mol. The topological polar surface area (TPSA) is 85.1 Å². The lowest BCUT2D eigenvalue weighted by Gasteiger charge is -2.11. The summed E-state index contributed by atoms with van der Waals surface area (Å²) in [6, 6.07) is 12.0. The number of guanidine groups is 1. The molecule has 3 aromatic rings. The van der Waals surface area contributed by atoms with Crippen molar-refractivity contribution in [2.45, 2.75) is 26.2 Å². The van der Waals surface area contributed by atoms with E-state index in [0.717, 1.165) is 67.8 Å². The molecule has 2 N–H and O–H groups in total. The first kappa shape index (κ1) is 22.1. The van der Waals surface area contributed by atoms with Crippen LogP contribution >= 0.6 is 24.0 Å². The van der Waals surface area contributed by atoms with Gasteiger partial charge in [-0.3, -0.25) is 9.39 Å². The van der Waals surface area contributed by atoms with Gasteiger partial charge in [-0.1, -0.05) is 12.1 Å². The number of fused-ring (bicyclic) bond motifs is 2. The van der Waals surface area contributed by atoms with Crippen LogP contribution in [0.1, 0.15) is 24.7 Å². The van der Waals surface area contributed by atoms with E-state index >= 15 is 0 Å². The van der Waals surface area contributed by atoms with Crippen LogP contribution in [0.15, 0.2) is 47.6 Å². The fourth-order valence-corrected chi connectivity index (χ4v) is 3.25. The maximum atomic E-state index is 5.44. The minimum Gasteiger partial charge on any atom is -0.454 e. The molecule has 8 nitrogen and oxygen atoms in total. The lowest BCUT2D eigenvalue weighted by atomic mass is 10.1. The molecule has 0 saturated carbocycles. The summed E-state index contributed by atoms with van der Waals surface area (Å²) < 4.78 is 12.8. The zero-order valence-electron chi connectivity index (χ0n) is 17.0. The molecule has 4 rings (SSSR count). The molecular formula is C21H27IN6O2.